The highest BCUT2D eigenvalue weighted by Crippen LogP contribution is 2.51. The van der Waals surface area contributed by atoms with E-state index in [1.807, 2.05) is 0 Å². The maximum Gasteiger partial charge on any atom is 0.0468 e. The molecule has 0 heterocycles. The molecule has 0 aliphatic heterocycles. The number of fused-ring (bicyclic) bond motifs is 6. The van der Waals surface area contributed by atoms with Crippen molar-refractivity contribution in [1.29, 1.82) is 0 Å². The van der Waals surface area contributed by atoms with Gasteiger partial charge in [0.15, 0.2) is 0 Å². The summed E-state index contributed by atoms with van der Waals surface area (Å²) in [6.07, 6.45) is 6.75. The molecule has 1 saturated carbocycles. The van der Waals surface area contributed by atoms with E-state index in [0.717, 1.165) is 0 Å². The summed E-state index contributed by atoms with van der Waals surface area (Å²) < 4.78 is 0. The topological polar surface area (TPSA) is 3.24 Å². The molecular formula is C48H43N. The van der Waals surface area contributed by atoms with Gasteiger partial charge in [-0.25, -0.2) is 0 Å². The molecule has 1 nitrogen and oxygen atoms in total. The van der Waals surface area contributed by atoms with E-state index >= 15 is 0 Å². The maximum atomic E-state index is 2.41. The molecule has 1 fully saturated rings. The van der Waals surface area contributed by atoms with Gasteiger partial charge in [-0.3, -0.25) is 0 Å². The van der Waals surface area contributed by atoms with E-state index in [4.69, 9.17) is 0 Å². The van der Waals surface area contributed by atoms with Gasteiger partial charge in [0, 0.05) is 17.1 Å². The zero-order chi connectivity index (χ0) is 33.1. The minimum absolute atomic E-state index is 0.158. The van der Waals surface area contributed by atoms with Gasteiger partial charge >= 0.3 is 0 Å². The molecule has 0 N–H and O–H groups in total. The van der Waals surface area contributed by atoms with Crippen molar-refractivity contribution < 1.29 is 0 Å². The predicted molar refractivity (Wildman–Crippen MR) is 211 cm³/mol. The largest absolute Gasteiger partial charge is 0.310 e. The van der Waals surface area contributed by atoms with Crippen molar-refractivity contribution >= 4 is 38.6 Å². The average molecular weight is 634 g/mol. The summed E-state index contributed by atoms with van der Waals surface area (Å²) in [5.41, 5.74) is 14.5. The molecule has 0 radical (unpaired) electrons. The van der Waals surface area contributed by atoms with Crippen LogP contribution in [0, 0.1) is 0 Å². The number of benzene rings is 7. The highest BCUT2D eigenvalue weighted by Gasteiger charge is 2.25. The highest BCUT2D eigenvalue weighted by atomic mass is 15.1. The van der Waals surface area contributed by atoms with Gasteiger partial charge in [-0.1, -0.05) is 113 Å². The second-order valence-corrected chi connectivity index (χ2v) is 15.3. The van der Waals surface area contributed by atoms with Gasteiger partial charge in [0.25, 0.3) is 0 Å². The van der Waals surface area contributed by atoms with E-state index in [-0.39, 0.29) is 5.41 Å². The molecule has 0 aromatic heterocycles. The molecule has 0 bridgehead atoms. The van der Waals surface area contributed by atoms with Crippen LogP contribution in [0.25, 0.3) is 54.9 Å². The summed E-state index contributed by atoms with van der Waals surface area (Å²) in [4.78, 5) is 2.40. The Balaban J connectivity index is 1.05. The Labute approximate surface area is 290 Å². The van der Waals surface area contributed by atoms with Crippen molar-refractivity contribution in [3.05, 3.63) is 151 Å². The Morgan fingerprint density at radius 3 is 1.61 bits per heavy atom. The molecule has 0 amide bonds. The van der Waals surface area contributed by atoms with Crippen LogP contribution in [0.2, 0.25) is 0 Å². The van der Waals surface area contributed by atoms with Gasteiger partial charge < -0.3 is 4.90 Å². The number of hydrogen-bond donors (Lipinski definition) is 0. The van der Waals surface area contributed by atoms with Crippen molar-refractivity contribution in [2.75, 3.05) is 4.90 Å². The van der Waals surface area contributed by atoms with E-state index < -0.39 is 0 Å². The summed E-state index contributed by atoms with van der Waals surface area (Å²) in [6, 6.07) is 52.7. The lowest BCUT2D eigenvalue weighted by Gasteiger charge is -2.28. The minimum atomic E-state index is 0.158. The minimum Gasteiger partial charge on any atom is -0.310 e. The lowest BCUT2D eigenvalue weighted by Crippen LogP contribution is -2.10. The summed E-state index contributed by atoms with van der Waals surface area (Å²) >= 11 is 0. The van der Waals surface area contributed by atoms with Gasteiger partial charge in [0.1, 0.15) is 0 Å². The van der Waals surface area contributed by atoms with Crippen LogP contribution in [-0.4, -0.2) is 0 Å². The second-order valence-electron chi connectivity index (χ2n) is 15.3. The van der Waals surface area contributed by atoms with Crippen LogP contribution in [-0.2, 0) is 5.41 Å². The summed E-state index contributed by atoms with van der Waals surface area (Å²) in [5.74, 6) is 0.708. The first kappa shape index (κ1) is 30.0. The summed E-state index contributed by atoms with van der Waals surface area (Å²) in [6.45, 7) is 6.81. The van der Waals surface area contributed by atoms with Crippen LogP contribution in [0.1, 0.15) is 69.9 Å². The van der Waals surface area contributed by atoms with Crippen molar-refractivity contribution in [3.8, 4) is 33.4 Å². The molecule has 0 unspecified atom stereocenters. The van der Waals surface area contributed by atoms with Crippen molar-refractivity contribution in [1.82, 2.24) is 0 Å². The fourth-order valence-corrected chi connectivity index (χ4v) is 8.25. The quantitative estimate of drug-likeness (QED) is 0.182. The molecule has 2 aliphatic carbocycles. The maximum absolute atomic E-state index is 2.41. The predicted octanol–water partition coefficient (Wildman–Crippen LogP) is 14.1. The molecule has 0 spiro atoms. The first-order valence-electron chi connectivity index (χ1n) is 18.1. The number of para-hydroxylation sites is 1. The Morgan fingerprint density at radius 2 is 0.980 bits per heavy atom. The third-order valence-electron chi connectivity index (χ3n) is 11.1. The second kappa shape index (κ2) is 11.8. The lowest BCUT2D eigenvalue weighted by atomic mass is 9.77. The van der Waals surface area contributed by atoms with Crippen molar-refractivity contribution in [2.45, 2.75) is 64.2 Å². The molecule has 49 heavy (non-hydrogen) atoms. The third-order valence-corrected chi connectivity index (χ3v) is 11.1. The fraction of sp³-hybridized carbons (Fsp3) is 0.208. The molecule has 0 saturated heterocycles. The monoisotopic (exact) mass is 633 g/mol. The van der Waals surface area contributed by atoms with Crippen molar-refractivity contribution in [2.24, 2.45) is 0 Å². The van der Waals surface area contributed by atoms with E-state index in [2.05, 4.69) is 165 Å². The van der Waals surface area contributed by atoms with Crippen LogP contribution in [0.15, 0.2) is 140 Å². The molecule has 9 rings (SSSR count). The van der Waals surface area contributed by atoms with Crippen LogP contribution in [0.3, 0.4) is 0 Å². The smallest absolute Gasteiger partial charge is 0.0468 e. The number of rotatable bonds is 5. The van der Waals surface area contributed by atoms with E-state index in [1.165, 1.54) is 115 Å². The molecule has 7 aromatic rings. The zero-order valence-corrected chi connectivity index (χ0v) is 28.8. The fourth-order valence-electron chi connectivity index (χ4n) is 8.25. The molecule has 240 valence electrons. The standard InChI is InChI=1S/C48H43N/c1-48(2,3)40-21-16-34(17-22-40)35-14-15-36-28-44-46(30-38(36)26-35)45-29-37-20-25-43(27-39(37)31-47(44)45)49(41-12-8-5-9-13-41)42-23-18-33(19-24-42)32-10-6-4-7-11-32/h5,8-9,12-32H,4,6-7,10-11H2,1-3H3. The first-order valence-corrected chi connectivity index (χ1v) is 18.1. The number of nitrogens with zero attached hydrogens (tertiary/aromatic N) is 1. The highest BCUT2D eigenvalue weighted by molar-refractivity contribution is 6.12. The van der Waals surface area contributed by atoms with Crippen LogP contribution < -0.4 is 4.90 Å². The summed E-state index contributed by atoms with van der Waals surface area (Å²) in [5, 5.41) is 5.14. The van der Waals surface area contributed by atoms with Crippen LogP contribution in [0.4, 0.5) is 17.1 Å². The summed E-state index contributed by atoms with van der Waals surface area (Å²) in [7, 11) is 0. The average Bonchev–Trinajstić information content (AvgIpc) is 3.14. The first-order chi connectivity index (χ1) is 23.9. The van der Waals surface area contributed by atoms with Crippen LogP contribution in [0.5, 0.6) is 0 Å². The van der Waals surface area contributed by atoms with Crippen molar-refractivity contribution in [3.63, 3.8) is 0 Å². The van der Waals surface area contributed by atoms with Gasteiger partial charge in [-0.2, -0.15) is 0 Å². The third kappa shape index (κ3) is 5.42. The Bertz CT molecular complexity index is 2320. The molecule has 7 aromatic carbocycles. The van der Waals surface area contributed by atoms with Gasteiger partial charge in [-0.05, 0) is 157 Å². The Morgan fingerprint density at radius 1 is 0.449 bits per heavy atom. The number of hydrogen-bond acceptors (Lipinski definition) is 1. The van der Waals surface area contributed by atoms with Gasteiger partial charge in [0.05, 0.1) is 0 Å². The SMILES string of the molecule is CC(C)(C)c1ccc(-c2ccc3cc4c(cc3c2)-c2cc3ccc(N(c5ccccc5)c5ccc(C6CCCCC6)cc5)cc3cc2-4)cc1. The van der Waals surface area contributed by atoms with Gasteiger partial charge in [0.2, 0.25) is 0 Å². The zero-order valence-electron chi connectivity index (χ0n) is 28.8. The molecule has 2 aliphatic rings. The molecule has 1 heteroatoms. The van der Waals surface area contributed by atoms with Gasteiger partial charge in [-0.15, -0.1) is 0 Å². The number of anilines is 3. The molecular weight excluding hydrogens is 591 g/mol. The Kier molecular flexibility index (Phi) is 7.20. The Hall–Kier alpha value is -5.14. The van der Waals surface area contributed by atoms with Crippen LogP contribution >= 0.6 is 0 Å². The van der Waals surface area contributed by atoms with E-state index in [0.29, 0.717) is 5.92 Å². The van der Waals surface area contributed by atoms with E-state index in [9.17, 15) is 0 Å². The molecule has 0 atom stereocenters. The normalized spacial score (nSPS) is 14.3. The van der Waals surface area contributed by atoms with E-state index in [1.54, 1.807) is 0 Å². The lowest BCUT2D eigenvalue weighted by molar-refractivity contribution is 0.443.